The van der Waals surface area contributed by atoms with Crippen molar-refractivity contribution in [3.8, 4) is 0 Å². The van der Waals surface area contributed by atoms with Crippen LogP contribution in [0, 0.1) is 0 Å². The van der Waals surface area contributed by atoms with Crippen molar-refractivity contribution in [3.63, 3.8) is 0 Å². The Bertz CT molecular complexity index is 884. The summed E-state index contributed by atoms with van der Waals surface area (Å²) in [7, 11) is -1.97. The SMILES string of the molecule is CC(C)N(C)S(=O)(=O)c1ccc(NC(=O)CCSc2ccccc2Br)cc1. The fourth-order valence-corrected chi connectivity index (χ4v) is 5.08. The number of halogens is 1. The molecule has 146 valence electrons. The maximum atomic E-state index is 12.4. The predicted octanol–water partition coefficient (Wildman–Crippen LogP) is 4.60. The van der Waals surface area contributed by atoms with Crippen LogP contribution in [0.15, 0.2) is 62.8 Å². The second-order valence-electron chi connectivity index (χ2n) is 6.22. The molecule has 0 aliphatic carbocycles. The number of thioether (sulfide) groups is 1. The molecule has 0 unspecified atom stereocenters. The van der Waals surface area contributed by atoms with E-state index in [2.05, 4.69) is 21.2 Å². The third-order valence-corrected chi connectivity index (χ3v) is 8.04. The van der Waals surface area contributed by atoms with E-state index in [9.17, 15) is 13.2 Å². The summed E-state index contributed by atoms with van der Waals surface area (Å²) in [4.78, 5) is 13.4. The number of anilines is 1. The first-order valence-corrected chi connectivity index (χ1v) is 11.7. The lowest BCUT2D eigenvalue weighted by Gasteiger charge is -2.21. The van der Waals surface area contributed by atoms with Gasteiger partial charge in [-0.2, -0.15) is 4.31 Å². The summed E-state index contributed by atoms with van der Waals surface area (Å²) in [6.45, 7) is 3.64. The Labute approximate surface area is 173 Å². The normalized spacial score (nSPS) is 11.8. The van der Waals surface area contributed by atoms with Crippen molar-refractivity contribution in [2.24, 2.45) is 0 Å². The molecule has 2 aromatic rings. The van der Waals surface area contributed by atoms with Crippen molar-refractivity contribution in [3.05, 3.63) is 53.0 Å². The molecular formula is C19H23BrN2O3S2. The molecule has 0 saturated heterocycles. The molecule has 2 rings (SSSR count). The monoisotopic (exact) mass is 470 g/mol. The summed E-state index contributed by atoms with van der Waals surface area (Å²) >= 11 is 5.09. The number of benzene rings is 2. The number of hydrogen-bond donors (Lipinski definition) is 1. The highest BCUT2D eigenvalue weighted by atomic mass is 79.9. The topological polar surface area (TPSA) is 66.5 Å². The first-order chi connectivity index (χ1) is 12.7. The van der Waals surface area contributed by atoms with E-state index >= 15 is 0 Å². The largest absolute Gasteiger partial charge is 0.326 e. The maximum Gasteiger partial charge on any atom is 0.243 e. The fourth-order valence-electron chi connectivity index (χ4n) is 2.19. The van der Waals surface area contributed by atoms with Gasteiger partial charge in [0.2, 0.25) is 15.9 Å². The Morgan fingerprint density at radius 2 is 1.78 bits per heavy atom. The van der Waals surface area contributed by atoms with Gasteiger partial charge >= 0.3 is 0 Å². The number of nitrogens with zero attached hydrogens (tertiary/aromatic N) is 1. The van der Waals surface area contributed by atoms with Gasteiger partial charge in [0, 0.05) is 40.3 Å². The smallest absolute Gasteiger partial charge is 0.243 e. The zero-order valence-corrected chi connectivity index (χ0v) is 18.7. The first-order valence-electron chi connectivity index (χ1n) is 8.47. The summed E-state index contributed by atoms with van der Waals surface area (Å²) in [6.07, 6.45) is 0.363. The molecule has 0 aliphatic heterocycles. The maximum absolute atomic E-state index is 12.4. The predicted molar refractivity (Wildman–Crippen MR) is 115 cm³/mol. The van der Waals surface area contributed by atoms with Crippen LogP contribution in [-0.4, -0.2) is 37.5 Å². The molecule has 0 spiro atoms. The molecule has 0 heterocycles. The van der Waals surface area contributed by atoms with Crippen LogP contribution < -0.4 is 5.32 Å². The third-order valence-electron chi connectivity index (χ3n) is 3.97. The molecule has 0 aliphatic rings. The Balaban J connectivity index is 1.90. The lowest BCUT2D eigenvalue weighted by Crippen LogP contribution is -2.33. The molecule has 0 bridgehead atoms. The van der Waals surface area contributed by atoms with E-state index in [4.69, 9.17) is 0 Å². The molecule has 1 amide bonds. The average molecular weight is 471 g/mol. The molecule has 8 heteroatoms. The van der Waals surface area contributed by atoms with Crippen LogP contribution in [0.25, 0.3) is 0 Å². The van der Waals surface area contributed by atoms with Crippen LogP contribution >= 0.6 is 27.7 Å². The third kappa shape index (κ3) is 6.07. The Hall–Kier alpha value is -1.35. The number of amides is 1. The molecule has 0 saturated carbocycles. The Kier molecular flexibility index (Phi) is 7.91. The van der Waals surface area contributed by atoms with Gasteiger partial charge in [0.1, 0.15) is 0 Å². The molecule has 27 heavy (non-hydrogen) atoms. The minimum atomic E-state index is -3.52. The van der Waals surface area contributed by atoms with Gasteiger partial charge in [-0.25, -0.2) is 8.42 Å². The van der Waals surface area contributed by atoms with Gasteiger partial charge in [-0.3, -0.25) is 4.79 Å². The molecule has 0 aromatic heterocycles. The average Bonchev–Trinajstić information content (AvgIpc) is 2.63. The second-order valence-corrected chi connectivity index (χ2v) is 10.2. The van der Waals surface area contributed by atoms with Gasteiger partial charge in [0.05, 0.1) is 4.90 Å². The lowest BCUT2D eigenvalue weighted by atomic mass is 10.3. The summed E-state index contributed by atoms with van der Waals surface area (Å²) in [5.41, 5.74) is 0.581. The second kappa shape index (κ2) is 9.73. The van der Waals surface area contributed by atoms with Gasteiger partial charge < -0.3 is 5.32 Å². The summed E-state index contributed by atoms with van der Waals surface area (Å²) < 4.78 is 27.2. The van der Waals surface area contributed by atoms with E-state index in [1.165, 1.54) is 16.4 Å². The first kappa shape index (κ1) is 21.9. The van der Waals surface area contributed by atoms with E-state index in [1.54, 1.807) is 30.9 Å². The number of sulfonamides is 1. The molecule has 1 N–H and O–H groups in total. The van der Waals surface area contributed by atoms with Crippen LogP contribution in [0.4, 0.5) is 5.69 Å². The molecule has 0 fully saturated rings. The van der Waals surface area contributed by atoms with Crippen molar-refractivity contribution in [1.82, 2.24) is 4.31 Å². The van der Waals surface area contributed by atoms with Gasteiger partial charge in [-0.1, -0.05) is 12.1 Å². The number of carbonyl (C=O) groups excluding carboxylic acids is 1. The van der Waals surface area contributed by atoms with E-state index in [0.29, 0.717) is 17.9 Å². The number of carbonyl (C=O) groups is 1. The highest BCUT2D eigenvalue weighted by Crippen LogP contribution is 2.27. The Morgan fingerprint density at radius 1 is 1.15 bits per heavy atom. The lowest BCUT2D eigenvalue weighted by molar-refractivity contribution is -0.115. The molecule has 0 radical (unpaired) electrons. The minimum Gasteiger partial charge on any atom is -0.326 e. The molecule has 0 atom stereocenters. The molecule has 2 aromatic carbocycles. The summed E-state index contributed by atoms with van der Waals surface area (Å²) in [5, 5.41) is 2.80. The summed E-state index contributed by atoms with van der Waals surface area (Å²) in [6, 6.07) is 14.0. The van der Waals surface area contributed by atoms with Crippen LogP contribution in [0.3, 0.4) is 0 Å². The van der Waals surface area contributed by atoms with E-state index in [1.807, 2.05) is 38.1 Å². The van der Waals surface area contributed by atoms with Crippen molar-refractivity contribution in [1.29, 1.82) is 0 Å². The quantitative estimate of drug-likeness (QED) is 0.572. The highest BCUT2D eigenvalue weighted by molar-refractivity contribution is 9.10. The molecule has 5 nitrogen and oxygen atoms in total. The van der Waals surface area contributed by atoms with Crippen LogP contribution in [0.1, 0.15) is 20.3 Å². The fraction of sp³-hybridized carbons (Fsp3) is 0.316. The minimum absolute atomic E-state index is 0.107. The van der Waals surface area contributed by atoms with Crippen LogP contribution in [0.5, 0.6) is 0 Å². The van der Waals surface area contributed by atoms with E-state index in [0.717, 1.165) is 9.37 Å². The molecular weight excluding hydrogens is 448 g/mol. The van der Waals surface area contributed by atoms with Crippen LogP contribution in [-0.2, 0) is 14.8 Å². The standard InChI is InChI=1S/C19H23BrN2O3S2/c1-14(2)22(3)27(24,25)16-10-8-15(9-11-16)21-19(23)12-13-26-18-7-5-4-6-17(18)20/h4-11,14H,12-13H2,1-3H3,(H,21,23). The summed E-state index contributed by atoms with van der Waals surface area (Å²) in [5.74, 6) is 0.546. The van der Waals surface area contributed by atoms with E-state index in [-0.39, 0.29) is 16.8 Å². The number of hydrogen-bond acceptors (Lipinski definition) is 4. The zero-order valence-electron chi connectivity index (χ0n) is 15.5. The van der Waals surface area contributed by atoms with Gasteiger partial charge in [-0.05, 0) is 66.2 Å². The number of nitrogens with one attached hydrogen (secondary N) is 1. The van der Waals surface area contributed by atoms with Gasteiger partial charge in [0.25, 0.3) is 0 Å². The highest BCUT2D eigenvalue weighted by Gasteiger charge is 2.22. The van der Waals surface area contributed by atoms with Crippen molar-refractivity contribution in [2.75, 3.05) is 18.1 Å². The van der Waals surface area contributed by atoms with Crippen molar-refractivity contribution < 1.29 is 13.2 Å². The number of rotatable bonds is 8. The zero-order chi connectivity index (χ0) is 20.0. The van der Waals surface area contributed by atoms with Gasteiger partial charge in [0.15, 0.2) is 0 Å². The van der Waals surface area contributed by atoms with Gasteiger partial charge in [-0.15, -0.1) is 11.8 Å². The van der Waals surface area contributed by atoms with Crippen molar-refractivity contribution in [2.45, 2.75) is 36.1 Å². The Morgan fingerprint density at radius 3 is 2.37 bits per heavy atom. The van der Waals surface area contributed by atoms with Crippen LogP contribution in [0.2, 0.25) is 0 Å². The van der Waals surface area contributed by atoms with E-state index < -0.39 is 10.0 Å². The van der Waals surface area contributed by atoms with Crippen molar-refractivity contribution >= 4 is 49.3 Å².